The molecule has 2 rings (SSSR count). The maximum absolute atomic E-state index is 12.6. The molecule has 2 aromatic carbocycles. The molecule has 126 valence electrons. The van der Waals surface area contributed by atoms with Gasteiger partial charge in [-0.05, 0) is 56.5 Å². The molecule has 4 heteroatoms. The summed E-state index contributed by atoms with van der Waals surface area (Å²) in [6, 6.07) is 15.2. The molecule has 0 spiro atoms. The molecule has 0 heterocycles. The van der Waals surface area contributed by atoms with Gasteiger partial charge in [0.25, 0.3) is 0 Å². The highest BCUT2D eigenvalue weighted by Crippen LogP contribution is 2.15. The lowest BCUT2D eigenvalue weighted by molar-refractivity contribution is -0.144. The third kappa shape index (κ3) is 4.44. The number of hydrogen-bond donors (Lipinski definition) is 1. The van der Waals surface area contributed by atoms with Crippen LogP contribution in [0.2, 0.25) is 0 Å². The standard InChI is InChI=1S/C20H24N2O2/c1-14(2)22(13-17-8-6-5-7-9-17)20(24)19(23)21-18-11-10-15(3)16(4)12-18/h5-12,14H,13H2,1-4H3,(H,21,23). The summed E-state index contributed by atoms with van der Waals surface area (Å²) in [5, 5.41) is 2.70. The van der Waals surface area contributed by atoms with E-state index in [1.165, 1.54) is 0 Å². The topological polar surface area (TPSA) is 49.4 Å². The van der Waals surface area contributed by atoms with Gasteiger partial charge in [0, 0.05) is 18.3 Å². The van der Waals surface area contributed by atoms with E-state index in [2.05, 4.69) is 5.32 Å². The second-order valence-electron chi connectivity index (χ2n) is 6.27. The Morgan fingerprint density at radius 2 is 1.67 bits per heavy atom. The zero-order valence-electron chi connectivity index (χ0n) is 14.7. The summed E-state index contributed by atoms with van der Waals surface area (Å²) < 4.78 is 0. The number of carbonyl (C=O) groups is 2. The van der Waals surface area contributed by atoms with Gasteiger partial charge in [-0.3, -0.25) is 9.59 Å². The van der Waals surface area contributed by atoms with Gasteiger partial charge in [0.1, 0.15) is 0 Å². The van der Waals surface area contributed by atoms with Crippen molar-refractivity contribution in [3.63, 3.8) is 0 Å². The summed E-state index contributed by atoms with van der Waals surface area (Å²) in [5.41, 5.74) is 3.86. The van der Waals surface area contributed by atoms with Crippen molar-refractivity contribution in [2.24, 2.45) is 0 Å². The molecule has 0 radical (unpaired) electrons. The highest BCUT2D eigenvalue weighted by molar-refractivity contribution is 6.39. The van der Waals surface area contributed by atoms with Crippen molar-refractivity contribution in [2.75, 3.05) is 5.32 Å². The second-order valence-corrected chi connectivity index (χ2v) is 6.27. The molecular formula is C20H24N2O2. The van der Waals surface area contributed by atoms with E-state index >= 15 is 0 Å². The Morgan fingerprint density at radius 3 is 2.25 bits per heavy atom. The number of anilines is 1. The monoisotopic (exact) mass is 324 g/mol. The minimum absolute atomic E-state index is 0.0665. The van der Waals surface area contributed by atoms with Crippen molar-refractivity contribution in [2.45, 2.75) is 40.3 Å². The number of rotatable bonds is 4. The number of aryl methyl sites for hydroxylation is 2. The van der Waals surface area contributed by atoms with Crippen LogP contribution in [0.3, 0.4) is 0 Å². The predicted octanol–water partition coefficient (Wildman–Crippen LogP) is 3.68. The molecule has 0 aliphatic rings. The molecule has 0 aromatic heterocycles. The normalized spacial score (nSPS) is 10.5. The van der Waals surface area contributed by atoms with Crippen molar-refractivity contribution in [3.05, 3.63) is 65.2 Å². The molecule has 1 N–H and O–H groups in total. The fraction of sp³-hybridized carbons (Fsp3) is 0.300. The quantitative estimate of drug-likeness (QED) is 0.872. The van der Waals surface area contributed by atoms with Crippen LogP contribution in [-0.4, -0.2) is 22.8 Å². The van der Waals surface area contributed by atoms with E-state index in [1.54, 1.807) is 4.90 Å². The van der Waals surface area contributed by atoms with Crippen molar-refractivity contribution < 1.29 is 9.59 Å². The van der Waals surface area contributed by atoms with Gasteiger partial charge in [0.2, 0.25) is 0 Å². The maximum atomic E-state index is 12.6. The molecule has 2 aromatic rings. The van der Waals surface area contributed by atoms with E-state index < -0.39 is 11.8 Å². The van der Waals surface area contributed by atoms with E-state index in [0.717, 1.165) is 16.7 Å². The van der Waals surface area contributed by atoms with Gasteiger partial charge in [-0.25, -0.2) is 0 Å². The Balaban J connectivity index is 2.10. The van der Waals surface area contributed by atoms with Gasteiger partial charge >= 0.3 is 11.8 Å². The average Bonchev–Trinajstić information content (AvgIpc) is 2.56. The largest absolute Gasteiger partial charge is 0.328 e. The number of carbonyl (C=O) groups excluding carboxylic acids is 2. The van der Waals surface area contributed by atoms with Crippen LogP contribution in [0.1, 0.15) is 30.5 Å². The first-order chi connectivity index (χ1) is 11.4. The van der Waals surface area contributed by atoms with Crippen LogP contribution >= 0.6 is 0 Å². The summed E-state index contributed by atoms with van der Waals surface area (Å²) in [5.74, 6) is -1.13. The van der Waals surface area contributed by atoms with Gasteiger partial charge in [0.15, 0.2) is 0 Å². The fourth-order valence-electron chi connectivity index (χ4n) is 2.40. The van der Waals surface area contributed by atoms with Crippen LogP contribution < -0.4 is 5.32 Å². The van der Waals surface area contributed by atoms with Gasteiger partial charge in [-0.2, -0.15) is 0 Å². The highest BCUT2D eigenvalue weighted by atomic mass is 16.2. The Morgan fingerprint density at radius 1 is 1.00 bits per heavy atom. The van der Waals surface area contributed by atoms with E-state index in [0.29, 0.717) is 12.2 Å². The zero-order chi connectivity index (χ0) is 17.7. The first-order valence-corrected chi connectivity index (χ1v) is 8.11. The number of nitrogens with one attached hydrogen (secondary N) is 1. The number of hydrogen-bond acceptors (Lipinski definition) is 2. The van der Waals surface area contributed by atoms with E-state index in [1.807, 2.05) is 76.2 Å². The van der Waals surface area contributed by atoms with Crippen molar-refractivity contribution in [1.29, 1.82) is 0 Å². The maximum Gasteiger partial charge on any atom is 0.313 e. The van der Waals surface area contributed by atoms with Crippen LogP contribution in [0.15, 0.2) is 48.5 Å². The van der Waals surface area contributed by atoms with Crippen LogP contribution in [0, 0.1) is 13.8 Å². The molecule has 0 saturated heterocycles. The van der Waals surface area contributed by atoms with E-state index in [-0.39, 0.29) is 6.04 Å². The lowest BCUT2D eigenvalue weighted by Crippen LogP contribution is -2.43. The lowest BCUT2D eigenvalue weighted by Gasteiger charge is -2.26. The summed E-state index contributed by atoms with van der Waals surface area (Å²) >= 11 is 0. The molecule has 0 atom stereocenters. The molecule has 0 saturated carbocycles. The third-order valence-corrected chi connectivity index (χ3v) is 4.04. The summed E-state index contributed by atoms with van der Waals surface area (Å²) in [6.07, 6.45) is 0. The summed E-state index contributed by atoms with van der Waals surface area (Å²) in [7, 11) is 0. The van der Waals surface area contributed by atoms with Crippen molar-refractivity contribution >= 4 is 17.5 Å². The van der Waals surface area contributed by atoms with Gasteiger partial charge in [-0.15, -0.1) is 0 Å². The third-order valence-electron chi connectivity index (χ3n) is 4.04. The van der Waals surface area contributed by atoms with Crippen molar-refractivity contribution in [3.8, 4) is 0 Å². The van der Waals surface area contributed by atoms with Gasteiger partial charge in [-0.1, -0.05) is 36.4 Å². The molecule has 2 amide bonds. The van der Waals surface area contributed by atoms with Crippen LogP contribution in [0.4, 0.5) is 5.69 Å². The zero-order valence-corrected chi connectivity index (χ0v) is 14.7. The smallest absolute Gasteiger partial charge is 0.313 e. The van der Waals surface area contributed by atoms with Gasteiger partial charge in [0.05, 0.1) is 0 Å². The SMILES string of the molecule is Cc1ccc(NC(=O)C(=O)N(Cc2ccccc2)C(C)C)cc1C. The fourth-order valence-corrected chi connectivity index (χ4v) is 2.40. The minimum Gasteiger partial charge on any atom is -0.328 e. The highest BCUT2D eigenvalue weighted by Gasteiger charge is 2.24. The first kappa shape index (κ1) is 17.7. The first-order valence-electron chi connectivity index (χ1n) is 8.11. The van der Waals surface area contributed by atoms with Crippen LogP contribution in [-0.2, 0) is 16.1 Å². The average molecular weight is 324 g/mol. The molecule has 4 nitrogen and oxygen atoms in total. The van der Waals surface area contributed by atoms with E-state index in [4.69, 9.17) is 0 Å². The van der Waals surface area contributed by atoms with Crippen molar-refractivity contribution in [1.82, 2.24) is 4.90 Å². The predicted molar refractivity (Wildman–Crippen MR) is 96.7 cm³/mol. The van der Waals surface area contributed by atoms with Crippen LogP contribution in [0.25, 0.3) is 0 Å². The van der Waals surface area contributed by atoms with Crippen LogP contribution in [0.5, 0.6) is 0 Å². The number of benzene rings is 2. The summed E-state index contributed by atoms with van der Waals surface area (Å²) in [6.45, 7) is 8.21. The number of nitrogens with zero attached hydrogens (tertiary/aromatic N) is 1. The Labute approximate surface area is 143 Å². The summed E-state index contributed by atoms with van der Waals surface area (Å²) in [4.78, 5) is 26.5. The molecule has 0 unspecified atom stereocenters. The molecule has 24 heavy (non-hydrogen) atoms. The van der Waals surface area contributed by atoms with E-state index in [9.17, 15) is 9.59 Å². The molecule has 0 aliphatic carbocycles. The lowest BCUT2D eigenvalue weighted by atomic mass is 10.1. The Kier molecular flexibility index (Phi) is 5.74. The molecule has 0 aliphatic heterocycles. The second kappa shape index (κ2) is 7.77. The molecular weight excluding hydrogens is 300 g/mol. The van der Waals surface area contributed by atoms with Gasteiger partial charge < -0.3 is 10.2 Å². The molecule has 0 bridgehead atoms. The Hall–Kier alpha value is -2.62. The molecule has 0 fully saturated rings. The number of amides is 2. The minimum atomic E-state index is -0.608. The Bertz CT molecular complexity index is 724.